The van der Waals surface area contributed by atoms with Crippen molar-refractivity contribution in [3.63, 3.8) is 0 Å². The molecular formula is C20H38N4O2S. The van der Waals surface area contributed by atoms with Crippen molar-refractivity contribution >= 4 is 16.0 Å². The normalized spacial score (nSPS) is 24.7. The topological polar surface area (TPSA) is 65.0 Å². The second-order valence-electron chi connectivity index (χ2n) is 10.4. The van der Waals surface area contributed by atoms with Gasteiger partial charge in [-0.1, -0.05) is 55.4 Å². The van der Waals surface area contributed by atoms with E-state index in [0.29, 0.717) is 13.0 Å². The molecule has 156 valence electrons. The fourth-order valence-electron chi connectivity index (χ4n) is 3.98. The van der Waals surface area contributed by atoms with Gasteiger partial charge in [-0.3, -0.25) is 4.99 Å². The van der Waals surface area contributed by atoms with Gasteiger partial charge in [0.1, 0.15) is 5.84 Å². The second kappa shape index (κ2) is 7.16. The summed E-state index contributed by atoms with van der Waals surface area (Å²) in [6.07, 6.45) is 0.706. The molecule has 1 fully saturated rings. The third-order valence-corrected chi connectivity index (χ3v) is 6.82. The highest BCUT2D eigenvalue weighted by Crippen LogP contribution is 2.46. The molecule has 6 nitrogen and oxygen atoms in total. The van der Waals surface area contributed by atoms with Crippen LogP contribution in [0.25, 0.3) is 0 Å². The predicted molar refractivity (Wildman–Crippen MR) is 113 cm³/mol. The van der Waals surface area contributed by atoms with Crippen LogP contribution >= 0.6 is 0 Å². The van der Waals surface area contributed by atoms with Crippen molar-refractivity contribution in [1.82, 2.24) is 13.9 Å². The monoisotopic (exact) mass is 398 g/mol. The maximum atomic E-state index is 12.4. The maximum absolute atomic E-state index is 12.4. The Morgan fingerprint density at radius 1 is 1.15 bits per heavy atom. The lowest BCUT2D eigenvalue weighted by atomic mass is 9.71. The average Bonchev–Trinajstić information content (AvgIpc) is 2.84. The van der Waals surface area contributed by atoms with Gasteiger partial charge in [-0.25, -0.2) is 0 Å². The Morgan fingerprint density at radius 3 is 2.11 bits per heavy atom. The summed E-state index contributed by atoms with van der Waals surface area (Å²) in [4.78, 5) is 7.48. The molecule has 0 aromatic heterocycles. The van der Waals surface area contributed by atoms with E-state index in [2.05, 4.69) is 65.0 Å². The van der Waals surface area contributed by atoms with Crippen LogP contribution in [-0.4, -0.2) is 56.2 Å². The van der Waals surface area contributed by atoms with Crippen molar-refractivity contribution in [3.05, 3.63) is 11.3 Å². The summed E-state index contributed by atoms with van der Waals surface area (Å²) in [5, 5.41) is 0. The number of nitrogens with zero attached hydrogens (tertiary/aromatic N) is 3. The van der Waals surface area contributed by atoms with Gasteiger partial charge in [0.15, 0.2) is 0 Å². The van der Waals surface area contributed by atoms with Crippen LogP contribution in [0.1, 0.15) is 61.8 Å². The van der Waals surface area contributed by atoms with Crippen LogP contribution in [0.15, 0.2) is 16.3 Å². The summed E-state index contributed by atoms with van der Waals surface area (Å²) in [5.41, 5.74) is 2.56. The van der Waals surface area contributed by atoms with Gasteiger partial charge in [-0.05, 0) is 16.4 Å². The predicted octanol–water partition coefficient (Wildman–Crippen LogP) is 3.24. The quantitative estimate of drug-likeness (QED) is 0.791. The molecule has 2 aliphatic heterocycles. The summed E-state index contributed by atoms with van der Waals surface area (Å²) >= 11 is 0. The first-order chi connectivity index (χ1) is 12.1. The molecule has 2 unspecified atom stereocenters. The van der Waals surface area contributed by atoms with Gasteiger partial charge >= 0.3 is 0 Å². The van der Waals surface area contributed by atoms with Crippen molar-refractivity contribution in [2.24, 2.45) is 21.7 Å². The number of nitrogens with one attached hydrogen (secondary N) is 1. The highest BCUT2D eigenvalue weighted by Gasteiger charge is 2.45. The highest BCUT2D eigenvalue weighted by molar-refractivity contribution is 7.87. The number of rotatable bonds is 4. The SMILES string of the molecule is CC(C)C1=NC(C(C)(C)C)C(C(C)(C)C)=C2CC(NS(=O)(=O)N(C)C)CN12. The molecular weight excluding hydrogens is 360 g/mol. The Balaban J connectivity index is 2.55. The highest BCUT2D eigenvalue weighted by atomic mass is 32.2. The first-order valence-electron chi connectivity index (χ1n) is 9.84. The average molecular weight is 399 g/mol. The van der Waals surface area contributed by atoms with E-state index in [1.165, 1.54) is 15.6 Å². The summed E-state index contributed by atoms with van der Waals surface area (Å²) in [7, 11) is -0.350. The van der Waals surface area contributed by atoms with Gasteiger partial charge in [0.05, 0.1) is 6.04 Å². The van der Waals surface area contributed by atoms with E-state index in [9.17, 15) is 8.42 Å². The van der Waals surface area contributed by atoms with Crippen molar-refractivity contribution in [3.8, 4) is 0 Å². The maximum Gasteiger partial charge on any atom is 0.279 e. The minimum absolute atomic E-state index is 0.00305. The third-order valence-electron chi connectivity index (χ3n) is 5.23. The molecule has 0 saturated carbocycles. The number of fused-ring (bicyclic) bond motifs is 1. The molecule has 0 spiro atoms. The number of hydrogen-bond acceptors (Lipinski definition) is 4. The molecule has 0 bridgehead atoms. The van der Waals surface area contributed by atoms with Crippen molar-refractivity contribution in [1.29, 1.82) is 0 Å². The zero-order chi connectivity index (χ0) is 20.9. The molecule has 0 amide bonds. The van der Waals surface area contributed by atoms with Gasteiger partial charge in [-0.15, -0.1) is 0 Å². The minimum atomic E-state index is -3.46. The molecule has 2 rings (SSSR count). The van der Waals surface area contributed by atoms with E-state index in [4.69, 9.17) is 4.99 Å². The third kappa shape index (κ3) is 4.57. The van der Waals surface area contributed by atoms with Gasteiger partial charge in [0.2, 0.25) is 0 Å². The van der Waals surface area contributed by atoms with Gasteiger partial charge in [-0.2, -0.15) is 17.4 Å². The second-order valence-corrected chi connectivity index (χ2v) is 12.4. The standard InChI is InChI=1S/C20H38N4O2S/c1-13(2)18-21-17(20(6,7)8)16(19(3,4)5)15-11-14(12-24(15)18)22-27(25,26)23(9)10/h13-14,17,22H,11-12H2,1-10H3. The zero-order valence-electron chi connectivity index (χ0n) is 18.7. The van der Waals surface area contributed by atoms with Gasteiger partial charge < -0.3 is 4.90 Å². The summed E-state index contributed by atoms with van der Waals surface area (Å²) in [6.45, 7) is 18.4. The Hall–Kier alpha value is -0.920. The van der Waals surface area contributed by atoms with E-state index in [-0.39, 0.29) is 28.8 Å². The van der Waals surface area contributed by atoms with Crippen LogP contribution in [0, 0.1) is 16.7 Å². The fourth-order valence-corrected chi connectivity index (χ4v) is 4.77. The van der Waals surface area contributed by atoms with Crippen molar-refractivity contribution in [2.75, 3.05) is 20.6 Å². The molecule has 1 saturated heterocycles. The van der Waals surface area contributed by atoms with E-state index in [1.54, 1.807) is 14.1 Å². The van der Waals surface area contributed by atoms with E-state index >= 15 is 0 Å². The number of aliphatic imine (C=N–C) groups is 1. The van der Waals surface area contributed by atoms with Crippen molar-refractivity contribution < 1.29 is 8.42 Å². The van der Waals surface area contributed by atoms with E-state index in [0.717, 1.165) is 5.84 Å². The molecule has 0 aromatic rings. The molecule has 2 heterocycles. The zero-order valence-corrected chi connectivity index (χ0v) is 19.5. The first kappa shape index (κ1) is 22.4. The molecule has 7 heteroatoms. The molecule has 27 heavy (non-hydrogen) atoms. The number of amidine groups is 1. The lowest BCUT2D eigenvalue weighted by molar-refractivity contribution is 0.290. The van der Waals surface area contributed by atoms with E-state index < -0.39 is 10.2 Å². The van der Waals surface area contributed by atoms with Crippen molar-refractivity contribution in [2.45, 2.75) is 73.9 Å². The summed E-state index contributed by atoms with van der Waals surface area (Å²) in [6, 6.07) is -0.0437. The van der Waals surface area contributed by atoms with E-state index in [1.807, 2.05) is 0 Å². The molecule has 0 radical (unpaired) electrons. The Morgan fingerprint density at radius 2 is 1.70 bits per heavy atom. The fraction of sp³-hybridized carbons (Fsp3) is 0.850. The van der Waals surface area contributed by atoms with Crippen LogP contribution in [0.5, 0.6) is 0 Å². The summed E-state index contributed by atoms with van der Waals surface area (Å²) < 4.78 is 28.8. The van der Waals surface area contributed by atoms with Crippen LogP contribution in [0.3, 0.4) is 0 Å². The summed E-state index contributed by atoms with van der Waals surface area (Å²) in [5.74, 6) is 1.36. The van der Waals surface area contributed by atoms with Gasteiger partial charge in [0, 0.05) is 44.7 Å². The van der Waals surface area contributed by atoms with Crippen LogP contribution in [0.2, 0.25) is 0 Å². The van der Waals surface area contributed by atoms with Crippen LogP contribution < -0.4 is 4.72 Å². The molecule has 1 N–H and O–H groups in total. The smallest absolute Gasteiger partial charge is 0.279 e. The minimum Gasteiger partial charge on any atom is -0.332 e. The largest absolute Gasteiger partial charge is 0.332 e. The Labute approximate surface area is 166 Å². The molecule has 0 aliphatic carbocycles. The van der Waals surface area contributed by atoms with Crippen LogP contribution in [-0.2, 0) is 10.2 Å². The molecule has 0 aromatic carbocycles. The molecule has 2 aliphatic rings. The lowest BCUT2D eigenvalue weighted by Crippen LogP contribution is -2.46. The van der Waals surface area contributed by atoms with Gasteiger partial charge in [0.25, 0.3) is 10.2 Å². The number of hydrogen-bond donors (Lipinski definition) is 1. The first-order valence-corrected chi connectivity index (χ1v) is 11.3. The Bertz CT molecular complexity index is 737. The Kier molecular flexibility index (Phi) is 5.93. The van der Waals surface area contributed by atoms with Crippen LogP contribution in [0.4, 0.5) is 0 Å². The molecule has 2 atom stereocenters. The lowest BCUT2D eigenvalue weighted by Gasteiger charge is -2.44.